The summed E-state index contributed by atoms with van der Waals surface area (Å²) in [7, 11) is 1.46. The van der Waals surface area contributed by atoms with Gasteiger partial charge in [-0.3, -0.25) is 4.79 Å². The molecule has 192 valence electrons. The van der Waals surface area contributed by atoms with E-state index in [1.807, 2.05) is 0 Å². The molecule has 5 heteroatoms. The molecule has 0 aromatic carbocycles. The summed E-state index contributed by atoms with van der Waals surface area (Å²) in [5.74, 6) is 2.80. The Morgan fingerprint density at radius 3 is 2.50 bits per heavy atom. The quantitative estimate of drug-likeness (QED) is 0.395. The van der Waals surface area contributed by atoms with Crippen molar-refractivity contribution < 1.29 is 24.2 Å². The number of aliphatic hydroxyl groups excluding tert-OH is 1. The number of hydrogen-bond acceptors (Lipinski definition) is 5. The van der Waals surface area contributed by atoms with Crippen LogP contribution in [0.3, 0.4) is 0 Å². The summed E-state index contributed by atoms with van der Waals surface area (Å²) in [6, 6.07) is 0. The van der Waals surface area contributed by atoms with Gasteiger partial charge >= 0.3 is 11.9 Å². The Hall–Kier alpha value is -1.36. The van der Waals surface area contributed by atoms with Gasteiger partial charge in [0.15, 0.2) is 0 Å². The Morgan fingerprint density at radius 1 is 1.09 bits per heavy atom. The van der Waals surface area contributed by atoms with Crippen LogP contribution in [0, 0.1) is 46.3 Å². The minimum absolute atomic E-state index is 0.00382. The van der Waals surface area contributed by atoms with Gasteiger partial charge in [0.2, 0.25) is 0 Å². The SMILES string of the molecule is C=C(C)C(=O)O[C@@H]1CCC2(C)C(CCC3C2C[C@H](O)C2(C)C3CCC2[C@H](C)CCC(=O)OC)C1. The first-order valence-electron chi connectivity index (χ1n) is 13.6. The molecule has 1 N–H and O–H groups in total. The molecule has 10 atom stereocenters. The van der Waals surface area contributed by atoms with E-state index in [1.165, 1.54) is 26.4 Å². The summed E-state index contributed by atoms with van der Waals surface area (Å²) in [5.41, 5.74) is 0.628. The van der Waals surface area contributed by atoms with E-state index in [2.05, 4.69) is 27.4 Å². The Balaban J connectivity index is 1.47. The van der Waals surface area contributed by atoms with Gasteiger partial charge in [-0.1, -0.05) is 27.4 Å². The van der Waals surface area contributed by atoms with Gasteiger partial charge in [0, 0.05) is 12.0 Å². The van der Waals surface area contributed by atoms with Gasteiger partial charge in [0.1, 0.15) is 6.10 Å². The van der Waals surface area contributed by atoms with E-state index < -0.39 is 0 Å². The second-order valence-electron chi connectivity index (χ2n) is 12.6. The van der Waals surface area contributed by atoms with Crippen LogP contribution >= 0.6 is 0 Å². The van der Waals surface area contributed by atoms with Gasteiger partial charge < -0.3 is 14.6 Å². The third-order valence-electron chi connectivity index (χ3n) is 11.1. The maximum Gasteiger partial charge on any atom is 0.333 e. The highest BCUT2D eigenvalue weighted by molar-refractivity contribution is 5.87. The van der Waals surface area contributed by atoms with Crippen molar-refractivity contribution in [2.45, 2.75) is 104 Å². The second-order valence-corrected chi connectivity index (χ2v) is 12.6. The highest BCUT2D eigenvalue weighted by Gasteiger charge is 2.63. The summed E-state index contributed by atoms with van der Waals surface area (Å²) < 4.78 is 10.6. The van der Waals surface area contributed by atoms with E-state index in [0.29, 0.717) is 47.5 Å². The van der Waals surface area contributed by atoms with Crippen molar-refractivity contribution >= 4 is 11.9 Å². The van der Waals surface area contributed by atoms with E-state index >= 15 is 0 Å². The van der Waals surface area contributed by atoms with Gasteiger partial charge in [0.25, 0.3) is 0 Å². The van der Waals surface area contributed by atoms with Crippen LogP contribution in [-0.2, 0) is 19.1 Å². The van der Waals surface area contributed by atoms with Crippen molar-refractivity contribution in [2.75, 3.05) is 7.11 Å². The molecule has 0 amide bonds. The van der Waals surface area contributed by atoms with Gasteiger partial charge in [-0.15, -0.1) is 0 Å². The first kappa shape index (κ1) is 25.7. The second kappa shape index (κ2) is 9.59. The first-order valence-corrected chi connectivity index (χ1v) is 13.6. The fourth-order valence-corrected chi connectivity index (χ4v) is 9.15. The van der Waals surface area contributed by atoms with Gasteiger partial charge in [0.05, 0.1) is 13.2 Å². The summed E-state index contributed by atoms with van der Waals surface area (Å²) in [6.45, 7) is 12.5. The third-order valence-corrected chi connectivity index (χ3v) is 11.1. The summed E-state index contributed by atoms with van der Waals surface area (Å²) >= 11 is 0. The maximum atomic E-state index is 12.1. The Bertz CT molecular complexity index is 806. The van der Waals surface area contributed by atoms with Gasteiger partial charge in [-0.25, -0.2) is 4.79 Å². The molecule has 34 heavy (non-hydrogen) atoms. The fraction of sp³-hybridized carbons (Fsp3) is 0.862. The molecule has 0 aromatic rings. The Kier molecular flexibility index (Phi) is 7.26. The predicted octanol–water partition coefficient (Wildman–Crippen LogP) is 5.69. The van der Waals surface area contributed by atoms with Crippen LogP contribution in [0.5, 0.6) is 0 Å². The normalized spacial score (nSPS) is 44.2. The molecule has 4 aliphatic carbocycles. The van der Waals surface area contributed by atoms with E-state index in [0.717, 1.165) is 38.5 Å². The zero-order chi connectivity index (χ0) is 24.8. The standard InChI is InChI=1S/C29H46O5/c1-17(2)27(32)34-20-13-14-28(4)19(15-20)8-9-21-23-11-10-22(18(3)7-12-26(31)33-6)29(23,5)25(30)16-24(21)28/h18-25,30H,1,7-16H2,2-6H3/t18-,19?,20-,21?,22?,23?,24?,25+,28?,29?/m1/s1. The molecule has 0 bridgehead atoms. The van der Waals surface area contributed by atoms with E-state index in [4.69, 9.17) is 9.47 Å². The van der Waals surface area contributed by atoms with Gasteiger partial charge in [-0.2, -0.15) is 0 Å². The number of aliphatic hydroxyl groups is 1. The molecule has 4 rings (SSSR count). The molecular formula is C29H46O5. The maximum absolute atomic E-state index is 12.1. The van der Waals surface area contributed by atoms with E-state index in [9.17, 15) is 14.7 Å². The summed E-state index contributed by atoms with van der Waals surface area (Å²) in [4.78, 5) is 23.8. The molecule has 7 unspecified atom stereocenters. The number of fused-ring (bicyclic) bond motifs is 5. The van der Waals surface area contributed by atoms with Crippen LogP contribution in [0.1, 0.15) is 91.9 Å². The van der Waals surface area contributed by atoms with Crippen LogP contribution in [0.25, 0.3) is 0 Å². The van der Waals surface area contributed by atoms with Crippen molar-refractivity contribution in [3.05, 3.63) is 12.2 Å². The number of carbonyl (C=O) groups excluding carboxylic acids is 2. The number of rotatable bonds is 6. The molecule has 4 fully saturated rings. The van der Waals surface area contributed by atoms with Crippen LogP contribution < -0.4 is 0 Å². The Labute approximate surface area is 206 Å². The van der Waals surface area contributed by atoms with Crippen LogP contribution in [0.15, 0.2) is 12.2 Å². The number of esters is 2. The van der Waals surface area contributed by atoms with Crippen molar-refractivity contribution in [3.63, 3.8) is 0 Å². The molecule has 0 radical (unpaired) electrons. The number of carbonyl (C=O) groups is 2. The smallest absolute Gasteiger partial charge is 0.333 e. The molecular weight excluding hydrogens is 428 g/mol. The molecule has 0 aromatic heterocycles. The molecule has 0 heterocycles. The minimum atomic E-state index is -0.290. The largest absolute Gasteiger partial charge is 0.469 e. The van der Waals surface area contributed by atoms with Crippen molar-refractivity contribution in [3.8, 4) is 0 Å². The third kappa shape index (κ3) is 4.24. The first-order chi connectivity index (χ1) is 16.0. The summed E-state index contributed by atoms with van der Waals surface area (Å²) in [5, 5.41) is 11.7. The molecule has 0 aliphatic heterocycles. The van der Waals surface area contributed by atoms with E-state index in [1.54, 1.807) is 6.92 Å². The van der Waals surface area contributed by atoms with Crippen molar-refractivity contribution in [1.29, 1.82) is 0 Å². The lowest BCUT2D eigenvalue weighted by molar-refractivity contribution is -0.180. The van der Waals surface area contributed by atoms with Crippen LogP contribution in [-0.4, -0.2) is 36.4 Å². The average molecular weight is 475 g/mol. The lowest BCUT2D eigenvalue weighted by atomic mass is 9.43. The average Bonchev–Trinajstić information content (AvgIpc) is 3.16. The monoisotopic (exact) mass is 474 g/mol. The molecule has 0 spiro atoms. The highest BCUT2D eigenvalue weighted by atomic mass is 16.5. The van der Waals surface area contributed by atoms with Crippen LogP contribution in [0.2, 0.25) is 0 Å². The molecule has 5 nitrogen and oxygen atoms in total. The van der Waals surface area contributed by atoms with E-state index in [-0.39, 0.29) is 35.0 Å². The molecule has 4 saturated carbocycles. The van der Waals surface area contributed by atoms with Crippen LogP contribution in [0.4, 0.5) is 0 Å². The minimum Gasteiger partial charge on any atom is -0.469 e. The number of hydrogen-bond donors (Lipinski definition) is 1. The zero-order valence-corrected chi connectivity index (χ0v) is 22.0. The lowest BCUT2D eigenvalue weighted by Gasteiger charge is -2.62. The molecule has 4 aliphatic rings. The fourth-order valence-electron chi connectivity index (χ4n) is 9.15. The topological polar surface area (TPSA) is 72.8 Å². The predicted molar refractivity (Wildman–Crippen MR) is 132 cm³/mol. The zero-order valence-electron chi connectivity index (χ0n) is 22.0. The number of ether oxygens (including phenoxy) is 2. The summed E-state index contributed by atoms with van der Waals surface area (Å²) in [6.07, 6.45) is 9.62. The highest BCUT2D eigenvalue weighted by Crippen LogP contribution is 2.68. The molecule has 0 saturated heterocycles. The number of methoxy groups -OCH3 is 1. The Morgan fingerprint density at radius 2 is 1.82 bits per heavy atom. The lowest BCUT2D eigenvalue weighted by Crippen LogP contribution is -2.59. The van der Waals surface area contributed by atoms with Gasteiger partial charge in [-0.05, 0) is 111 Å². The van der Waals surface area contributed by atoms with Crippen molar-refractivity contribution in [1.82, 2.24) is 0 Å². The van der Waals surface area contributed by atoms with Crippen molar-refractivity contribution in [2.24, 2.45) is 46.3 Å².